The molecule has 0 N–H and O–H groups in total. The first kappa shape index (κ1) is 15.8. The average Bonchev–Trinajstić information content (AvgIpc) is 3.17. The molecule has 3 heterocycles. The van der Waals surface area contributed by atoms with Crippen LogP contribution in [-0.2, 0) is 6.42 Å². The van der Waals surface area contributed by atoms with Gasteiger partial charge >= 0.3 is 0 Å². The molecule has 0 aromatic carbocycles. The van der Waals surface area contributed by atoms with Crippen molar-refractivity contribution in [3.63, 3.8) is 0 Å². The van der Waals surface area contributed by atoms with Crippen LogP contribution in [0.5, 0.6) is 0 Å². The van der Waals surface area contributed by atoms with Gasteiger partial charge in [0.25, 0.3) is 0 Å². The Morgan fingerprint density at radius 2 is 2.13 bits per heavy atom. The highest BCUT2D eigenvalue weighted by Gasteiger charge is 2.11. The van der Waals surface area contributed by atoms with Gasteiger partial charge in [-0.1, -0.05) is 12.1 Å². The van der Waals surface area contributed by atoms with Gasteiger partial charge in [0, 0.05) is 17.6 Å². The highest BCUT2D eigenvalue weighted by Crippen LogP contribution is 2.27. The average molecular weight is 343 g/mol. The summed E-state index contributed by atoms with van der Waals surface area (Å²) in [5, 5.41) is 4.95. The van der Waals surface area contributed by atoms with Gasteiger partial charge in [-0.25, -0.2) is 4.98 Å². The molecular weight excluding hydrogens is 326 g/mol. The van der Waals surface area contributed by atoms with E-state index in [4.69, 9.17) is 0 Å². The van der Waals surface area contributed by atoms with Gasteiger partial charge in [-0.15, -0.1) is 22.7 Å². The summed E-state index contributed by atoms with van der Waals surface area (Å²) in [5.41, 5.74) is 1.48. The van der Waals surface area contributed by atoms with E-state index < -0.39 is 0 Å². The summed E-state index contributed by atoms with van der Waals surface area (Å²) in [6.45, 7) is 3.99. The lowest BCUT2D eigenvalue weighted by Crippen LogP contribution is -2.28. The Bertz CT molecular complexity index is 860. The zero-order valence-corrected chi connectivity index (χ0v) is 14.6. The molecule has 0 saturated carbocycles. The lowest BCUT2D eigenvalue weighted by molar-refractivity contribution is 0.0907. The number of hydrogen-bond acceptors (Lipinski definition) is 5. The second kappa shape index (κ2) is 7.02. The van der Waals surface area contributed by atoms with E-state index in [0.717, 1.165) is 15.6 Å². The van der Waals surface area contributed by atoms with E-state index in [1.54, 1.807) is 33.4 Å². The third kappa shape index (κ3) is 3.83. The molecule has 0 saturated heterocycles. The van der Waals surface area contributed by atoms with Gasteiger partial charge in [0.2, 0.25) is 5.91 Å². The third-order valence-electron chi connectivity index (χ3n) is 3.11. The minimum absolute atomic E-state index is 0.0203. The maximum atomic E-state index is 12.6. The molecule has 0 atom stereocenters. The molecule has 0 aliphatic carbocycles. The first-order valence-corrected chi connectivity index (χ1v) is 9.12. The van der Waals surface area contributed by atoms with Crippen LogP contribution in [-0.4, -0.2) is 21.5 Å². The van der Waals surface area contributed by atoms with Crippen molar-refractivity contribution >= 4 is 28.6 Å². The SMILES string of the molecule is CC(C)N=c1ccccn1C(=O)Cc1csc(-c2cccs2)n1. The van der Waals surface area contributed by atoms with Crippen molar-refractivity contribution < 1.29 is 4.79 Å². The maximum Gasteiger partial charge on any atom is 0.238 e. The fraction of sp³-hybridized carbons (Fsp3) is 0.235. The number of thiophene rings is 1. The molecule has 0 aliphatic rings. The minimum Gasteiger partial charge on any atom is -0.274 e. The molecule has 0 radical (unpaired) electrons. The summed E-state index contributed by atoms with van der Waals surface area (Å²) < 4.78 is 1.60. The highest BCUT2D eigenvalue weighted by atomic mass is 32.1. The third-order valence-corrected chi connectivity index (χ3v) is 5.04. The molecule has 0 aliphatic heterocycles. The quantitative estimate of drug-likeness (QED) is 0.722. The molecule has 3 aromatic heterocycles. The predicted octanol–water partition coefficient (Wildman–Crippen LogP) is 3.87. The van der Waals surface area contributed by atoms with Gasteiger partial charge in [-0.2, -0.15) is 0 Å². The number of thiazole rings is 1. The van der Waals surface area contributed by atoms with Crippen molar-refractivity contribution in [2.45, 2.75) is 26.3 Å². The van der Waals surface area contributed by atoms with Crippen molar-refractivity contribution in [3.8, 4) is 9.88 Å². The maximum absolute atomic E-state index is 12.6. The molecule has 6 heteroatoms. The molecule has 118 valence electrons. The Morgan fingerprint density at radius 3 is 2.87 bits per heavy atom. The van der Waals surface area contributed by atoms with E-state index in [9.17, 15) is 4.79 Å². The van der Waals surface area contributed by atoms with Gasteiger partial charge in [0.15, 0.2) is 0 Å². The van der Waals surface area contributed by atoms with Gasteiger partial charge < -0.3 is 0 Å². The zero-order valence-electron chi connectivity index (χ0n) is 13.0. The van der Waals surface area contributed by atoms with E-state index in [2.05, 4.69) is 9.98 Å². The van der Waals surface area contributed by atoms with Gasteiger partial charge in [-0.05, 0) is 37.4 Å². The Hall–Kier alpha value is -2.05. The molecule has 3 rings (SSSR count). The van der Waals surface area contributed by atoms with Crippen LogP contribution in [0.2, 0.25) is 0 Å². The second-order valence-electron chi connectivity index (χ2n) is 5.34. The molecule has 4 nitrogen and oxygen atoms in total. The highest BCUT2D eigenvalue weighted by molar-refractivity contribution is 7.20. The Morgan fingerprint density at radius 1 is 1.26 bits per heavy atom. The largest absolute Gasteiger partial charge is 0.274 e. The monoisotopic (exact) mass is 343 g/mol. The Labute approximate surface area is 142 Å². The predicted molar refractivity (Wildman–Crippen MR) is 94.9 cm³/mol. The lowest BCUT2D eigenvalue weighted by atomic mass is 10.3. The minimum atomic E-state index is -0.0203. The van der Waals surface area contributed by atoms with Crippen molar-refractivity contribution in [1.82, 2.24) is 9.55 Å². The first-order chi connectivity index (χ1) is 11.1. The molecule has 0 bridgehead atoms. The van der Waals surface area contributed by atoms with Gasteiger partial charge in [0.1, 0.15) is 10.5 Å². The van der Waals surface area contributed by atoms with Crippen molar-refractivity contribution in [2.24, 2.45) is 4.99 Å². The van der Waals surface area contributed by atoms with Crippen LogP contribution in [0.3, 0.4) is 0 Å². The Balaban J connectivity index is 1.83. The molecule has 23 heavy (non-hydrogen) atoms. The number of aromatic nitrogens is 2. The standard InChI is InChI=1S/C17H17N3OS2/c1-12(2)18-15-7-3-4-8-20(15)16(21)10-13-11-23-17(19-13)14-6-5-9-22-14/h3-9,11-12H,10H2,1-2H3. The number of nitrogens with zero attached hydrogens (tertiary/aromatic N) is 3. The molecule has 0 amide bonds. The molecule has 3 aromatic rings. The van der Waals surface area contributed by atoms with Gasteiger partial charge in [0.05, 0.1) is 17.0 Å². The summed E-state index contributed by atoms with van der Waals surface area (Å²) >= 11 is 3.23. The number of pyridine rings is 1. The van der Waals surface area contributed by atoms with Crippen LogP contribution in [0.25, 0.3) is 9.88 Å². The van der Waals surface area contributed by atoms with Crippen LogP contribution in [0.15, 0.2) is 52.3 Å². The number of hydrogen-bond donors (Lipinski definition) is 0. The smallest absolute Gasteiger partial charge is 0.238 e. The normalized spacial score (nSPS) is 12.0. The topological polar surface area (TPSA) is 47.2 Å². The fourth-order valence-corrected chi connectivity index (χ4v) is 3.79. The zero-order chi connectivity index (χ0) is 16.2. The fourth-order valence-electron chi connectivity index (χ4n) is 2.16. The molecule has 0 unspecified atom stereocenters. The van der Waals surface area contributed by atoms with Crippen LogP contribution < -0.4 is 5.49 Å². The molecule has 0 fully saturated rings. The first-order valence-electron chi connectivity index (χ1n) is 7.36. The van der Waals surface area contributed by atoms with E-state index >= 15 is 0 Å². The Kier molecular flexibility index (Phi) is 4.83. The van der Waals surface area contributed by atoms with Crippen LogP contribution in [0.4, 0.5) is 0 Å². The van der Waals surface area contributed by atoms with Gasteiger partial charge in [-0.3, -0.25) is 14.4 Å². The lowest BCUT2D eigenvalue weighted by Gasteiger charge is -2.06. The van der Waals surface area contributed by atoms with Crippen molar-refractivity contribution in [1.29, 1.82) is 0 Å². The number of carbonyl (C=O) groups is 1. The summed E-state index contributed by atoms with van der Waals surface area (Å²) in [7, 11) is 0. The van der Waals surface area contributed by atoms with E-state index in [1.165, 1.54) is 0 Å². The summed E-state index contributed by atoms with van der Waals surface area (Å²) in [6.07, 6.45) is 2.03. The van der Waals surface area contributed by atoms with Crippen LogP contribution >= 0.6 is 22.7 Å². The molecule has 0 spiro atoms. The summed E-state index contributed by atoms with van der Waals surface area (Å²) in [6, 6.07) is 9.78. The van der Waals surface area contributed by atoms with Crippen molar-refractivity contribution in [3.05, 3.63) is 58.5 Å². The second-order valence-corrected chi connectivity index (χ2v) is 7.15. The number of rotatable bonds is 4. The summed E-state index contributed by atoms with van der Waals surface area (Å²) in [5.74, 6) is -0.0203. The van der Waals surface area contributed by atoms with Crippen molar-refractivity contribution in [2.75, 3.05) is 0 Å². The van der Waals surface area contributed by atoms with Crippen LogP contribution in [0, 0.1) is 0 Å². The van der Waals surface area contributed by atoms with E-state index in [0.29, 0.717) is 5.49 Å². The van der Waals surface area contributed by atoms with Crippen LogP contribution in [0.1, 0.15) is 24.3 Å². The van der Waals surface area contributed by atoms with E-state index in [-0.39, 0.29) is 18.4 Å². The summed E-state index contributed by atoms with van der Waals surface area (Å²) in [4.78, 5) is 22.8. The number of carbonyl (C=O) groups excluding carboxylic acids is 1. The van der Waals surface area contributed by atoms with E-state index in [1.807, 2.05) is 54.9 Å². The molecular formula is C17H17N3OS2.